The van der Waals surface area contributed by atoms with E-state index in [0.717, 1.165) is 0 Å². The number of halogens is 32. The maximum Gasteiger partial charge on any atom is 2.00 e. The van der Waals surface area contributed by atoms with Crippen LogP contribution in [0.5, 0.6) is 0 Å². The van der Waals surface area contributed by atoms with Gasteiger partial charge in [-0.1, -0.05) is 6.58 Å². The quantitative estimate of drug-likeness (QED) is 0.121. The van der Waals surface area contributed by atoms with Crippen LogP contribution in [0, 0.1) is 13.9 Å². The largest absolute Gasteiger partial charge is 2.00 e. The molecule has 3 N–H and O–H groups in total. The molecular formula is C19H22Cl3F29Mg3O2-2. The average molecular weight is 1010 g/mol. The number of hydrogen-bond donors (Lipinski definition) is 0. The van der Waals surface area contributed by atoms with Crippen molar-refractivity contribution in [2.24, 2.45) is 0 Å². The van der Waals surface area contributed by atoms with E-state index in [-0.39, 0.29) is 161 Å². The molecule has 0 aliphatic rings. The van der Waals surface area contributed by atoms with Gasteiger partial charge in [0, 0.05) is 29.1 Å². The van der Waals surface area contributed by atoms with Gasteiger partial charge >= 0.3 is 112 Å². The van der Waals surface area contributed by atoms with Crippen molar-refractivity contribution in [3.63, 3.8) is 0 Å². The standard InChI is InChI=1S/2C3H3F5.C3H3F4.C3H3F3.C2F4.2C2H2F2.CH3.3ClH.F2.2FH.3Mg.2H2O/c2*1-2(4,5)3(6,7)8;1-3(6,7)2(4)5;1-2-3(4,5)6;3-1(4)2(5)6;2*1-2(3)4;;;;;1-2;;;;;;;/h2*1H3;1H3;2H,1H2;;2*1H2;1H3;3*1H;;2*1H;;;;2*1H2/q;;-1;;;;;-1;;;;;;;3*+2;;/p-6. The Labute approximate surface area is 365 Å². The second-order valence-corrected chi connectivity index (χ2v) is 5.86. The molecule has 0 aromatic rings. The third kappa shape index (κ3) is 158. The second-order valence-electron chi connectivity index (χ2n) is 5.86. The maximum atomic E-state index is 11.1. The van der Waals surface area contributed by atoms with Crippen LogP contribution in [0.4, 0.5) is 119 Å². The van der Waals surface area contributed by atoms with Gasteiger partial charge in [-0.3, -0.25) is 0 Å². The predicted octanol–water partition coefficient (Wildman–Crippen LogP) is -2.84. The van der Waals surface area contributed by atoms with Gasteiger partial charge in [-0.2, -0.15) is 92.2 Å². The molecule has 0 rings (SSSR count). The third-order valence-electron chi connectivity index (χ3n) is 1.70. The zero-order chi connectivity index (χ0) is 39.6. The molecule has 0 aromatic heterocycles. The van der Waals surface area contributed by atoms with Crippen molar-refractivity contribution in [1.29, 1.82) is 0 Å². The Morgan fingerprint density at radius 3 is 0.571 bits per heavy atom. The van der Waals surface area contributed by atoms with Crippen molar-refractivity contribution in [3.05, 3.63) is 64.0 Å². The SMILES string of the molecule is C=C(F)F.C=C(F)F.C=CC(F)(F)F.CC(F)(F)C(F)(F)F.CC(F)(F)C(F)(F)F.CC(F)(F)[C-](F)F.FC(F)=C(F)F.FF.O.[CH3-].[Cl-].[Cl-].[Cl-].[F-].[F-].[Mg+2].[Mg+2].[Mg+2].[OH-]. The Morgan fingerprint density at radius 2 is 0.571 bits per heavy atom. The van der Waals surface area contributed by atoms with Gasteiger partial charge in [-0.05, 0) is 20.1 Å². The minimum absolute atomic E-state index is 0. The fourth-order valence-electron chi connectivity index (χ4n) is 0. The molecule has 0 saturated carbocycles. The summed E-state index contributed by atoms with van der Waals surface area (Å²) in [6.45, 7) is 6.72. The van der Waals surface area contributed by atoms with Crippen LogP contribution in [0.15, 0.2) is 50.1 Å². The Balaban J connectivity index is -0.0000000163. The van der Waals surface area contributed by atoms with Crippen molar-refractivity contribution in [3.8, 4) is 0 Å². The van der Waals surface area contributed by atoms with Gasteiger partial charge in [0.05, 0.1) is 6.43 Å². The molecule has 0 radical (unpaired) electrons. The number of alkyl halides is 15. The summed E-state index contributed by atoms with van der Waals surface area (Å²) in [5, 5.41) is 0. The second kappa shape index (κ2) is 59.3. The first-order valence-corrected chi connectivity index (χ1v) is 8.77. The number of rotatable bonds is 1. The summed E-state index contributed by atoms with van der Waals surface area (Å²) < 4.78 is 283. The monoisotopic (exact) mass is 1010 g/mol. The third-order valence-corrected chi connectivity index (χ3v) is 1.70. The fourth-order valence-corrected chi connectivity index (χ4v) is 0. The molecule has 37 heteroatoms. The van der Waals surface area contributed by atoms with E-state index in [1.165, 1.54) is 0 Å². The molecule has 0 unspecified atom stereocenters. The molecule has 0 bridgehead atoms. The van der Waals surface area contributed by atoms with E-state index in [0.29, 0.717) is 0 Å². The van der Waals surface area contributed by atoms with Crippen molar-refractivity contribution in [2.75, 3.05) is 0 Å². The summed E-state index contributed by atoms with van der Waals surface area (Å²) in [5.74, 6) is -13.0. The topological polar surface area (TPSA) is 61.5 Å². The van der Waals surface area contributed by atoms with Crippen LogP contribution in [-0.2, 0) is 0 Å². The molecule has 0 amide bonds. The summed E-state index contributed by atoms with van der Waals surface area (Å²) in [7, 11) is 0. The van der Waals surface area contributed by atoms with Gasteiger partial charge in [0.1, 0.15) is 0 Å². The predicted molar refractivity (Wildman–Crippen MR) is 131 cm³/mol. The van der Waals surface area contributed by atoms with Gasteiger partial charge in [-0.25, -0.2) is 8.78 Å². The first-order chi connectivity index (χ1) is 19.1. The summed E-state index contributed by atoms with van der Waals surface area (Å²) in [5.41, 5.74) is 0. The van der Waals surface area contributed by atoms with Crippen LogP contribution >= 0.6 is 0 Å². The van der Waals surface area contributed by atoms with Crippen molar-refractivity contribution >= 4 is 69.2 Å². The van der Waals surface area contributed by atoms with Gasteiger partial charge in [0.25, 0.3) is 12.2 Å². The van der Waals surface area contributed by atoms with Crippen molar-refractivity contribution in [2.45, 2.75) is 57.1 Å². The van der Waals surface area contributed by atoms with Gasteiger partial charge in [-0.15, -0.1) is 0 Å². The molecule has 56 heavy (non-hydrogen) atoms. The Morgan fingerprint density at radius 1 is 0.500 bits per heavy atom. The van der Waals surface area contributed by atoms with E-state index < -0.39 is 67.0 Å². The Bertz CT molecular complexity index is 712. The van der Waals surface area contributed by atoms with Gasteiger partial charge < -0.3 is 73.8 Å². The first kappa shape index (κ1) is 124. The van der Waals surface area contributed by atoms with E-state index in [4.69, 9.17) is 9.15 Å². The van der Waals surface area contributed by atoms with E-state index in [2.05, 4.69) is 19.7 Å². The molecule has 0 heterocycles. The summed E-state index contributed by atoms with van der Waals surface area (Å²) >= 11 is 0. The first-order valence-electron chi connectivity index (χ1n) is 8.77. The van der Waals surface area contributed by atoms with Crippen molar-refractivity contribution < 1.29 is 176 Å². The molecule has 0 aromatic carbocycles. The van der Waals surface area contributed by atoms with Crippen LogP contribution in [0.2, 0.25) is 0 Å². The molecule has 342 valence electrons. The van der Waals surface area contributed by atoms with Crippen LogP contribution < -0.4 is 46.6 Å². The molecular weight excluding hydrogens is 990 g/mol. The minimum Gasteiger partial charge on any atom is -1.00 e. The molecule has 0 aliphatic carbocycles. The number of allylic oxidation sites excluding steroid dienone is 1. The normalized spacial score (nSPS) is 8.77. The number of hydrogen-bond acceptors (Lipinski definition) is 1. The zero-order valence-corrected chi connectivity index (χ0v) is 33.9. The zero-order valence-electron chi connectivity index (χ0n) is 27.4. The van der Waals surface area contributed by atoms with Crippen LogP contribution in [0.25, 0.3) is 0 Å². The molecule has 0 atom stereocenters. The van der Waals surface area contributed by atoms with E-state index in [1.54, 1.807) is 0 Å². The molecule has 0 aliphatic heterocycles. The van der Waals surface area contributed by atoms with Crippen LogP contribution in [-0.4, -0.2) is 116 Å². The van der Waals surface area contributed by atoms with Crippen LogP contribution in [0.1, 0.15) is 20.8 Å². The summed E-state index contributed by atoms with van der Waals surface area (Å²) in [6.07, 6.45) is -27.4. The Kier molecular flexibility index (Phi) is 131. The molecule has 0 fully saturated rings. The van der Waals surface area contributed by atoms with Crippen LogP contribution in [0.3, 0.4) is 0 Å². The molecule has 0 saturated heterocycles. The summed E-state index contributed by atoms with van der Waals surface area (Å²) in [4.78, 5) is 0. The van der Waals surface area contributed by atoms with Gasteiger partial charge in [0.2, 0.25) is 0 Å². The maximum absolute atomic E-state index is 11.1. The average Bonchev–Trinajstić information content (AvgIpc) is 2.72. The van der Waals surface area contributed by atoms with E-state index in [1.807, 2.05) is 0 Å². The summed E-state index contributed by atoms with van der Waals surface area (Å²) in [6, 6.07) is 0. The Hall–Kier alpha value is 0.0187. The molecule has 0 spiro atoms. The smallest absolute Gasteiger partial charge is 1.00 e. The van der Waals surface area contributed by atoms with Gasteiger partial charge in [0.15, 0.2) is 5.92 Å². The fraction of sp³-hybridized carbons (Fsp3) is 0.474. The molecule has 2 nitrogen and oxygen atoms in total. The van der Waals surface area contributed by atoms with E-state index >= 15 is 0 Å². The van der Waals surface area contributed by atoms with Crippen molar-refractivity contribution in [1.82, 2.24) is 0 Å². The minimum atomic E-state index is -5.40. The van der Waals surface area contributed by atoms with E-state index in [9.17, 15) is 110 Å².